The number of carbonyl (C=O) groups is 1. The minimum absolute atomic E-state index is 0.0131. The molecular formula is C60H107N2O6P. The van der Waals surface area contributed by atoms with Crippen LogP contribution in [0.2, 0.25) is 0 Å². The molecule has 0 aromatic heterocycles. The molecule has 0 aromatic carbocycles. The Labute approximate surface area is 426 Å². The Morgan fingerprint density at radius 3 is 1.35 bits per heavy atom. The largest absolute Gasteiger partial charge is 0.756 e. The summed E-state index contributed by atoms with van der Waals surface area (Å²) in [4.78, 5) is 25.5. The molecule has 0 aliphatic heterocycles. The van der Waals surface area contributed by atoms with E-state index in [1.807, 2.05) is 27.2 Å². The van der Waals surface area contributed by atoms with Crippen molar-refractivity contribution in [2.75, 3.05) is 40.9 Å². The summed E-state index contributed by atoms with van der Waals surface area (Å²) in [5.41, 5.74) is 0. The lowest BCUT2D eigenvalue weighted by Gasteiger charge is -2.29. The number of aliphatic hydroxyl groups excluding tert-OH is 1. The van der Waals surface area contributed by atoms with E-state index in [0.717, 1.165) is 77.0 Å². The van der Waals surface area contributed by atoms with Gasteiger partial charge in [0.15, 0.2) is 0 Å². The number of phosphoric ester groups is 1. The predicted molar refractivity (Wildman–Crippen MR) is 297 cm³/mol. The molecule has 1 amide bonds. The molecule has 0 fully saturated rings. The molecule has 0 aromatic rings. The summed E-state index contributed by atoms with van der Waals surface area (Å²) in [5.74, 6) is -0.216. The van der Waals surface area contributed by atoms with Crippen molar-refractivity contribution in [2.24, 2.45) is 0 Å². The minimum atomic E-state index is -4.61. The van der Waals surface area contributed by atoms with Gasteiger partial charge in [-0.3, -0.25) is 9.36 Å². The lowest BCUT2D eigenvalue weighted by molar-refractivity contribution is -0.870. The maximum atomic E-state index is 13.0. The molecule has 0 saturated heterocycles. The standard InChI is InChI=1S/C60H107N2O6P/c1-6-8-10-12-14-16-18-20-22-24-26-27-28-29-30-31-32-33-34-35-36-38-40-42-44-46-48-50-52-54-60(64)61-58(57-68-69(65,66)67-56-55-62(3,4)5)59(63)53-51-49-47-45-43-41-39-37-25-23-21-19-17-15-13-11-9-7-2/h8,10,14,16,20,22,25-27,29-30,37,43,45,51,53,58-59,63H,6-7,9,11-13,15,17-19,21,23-24,28,31-36,38-42,44,46-50,52,54-57H2,1-5H3,(H-,61,64,65,66)/b10-8-,16-14-,22-20-,27-26-,30-29-,37-25+,45-43+,53-51+. The van der Waals surface area contributed by atoms with Crippen LogP contribution in [-0.2, 0) is 18.4 Å². The van der Waals surface area contributed by atoms with Crippen LogP contribution in [0.1, 0.15) is 226 Å². The van der Waals surface area contributed by atoms with Gasteiger partial charge in [-0.2, -0.15) is 0 Å². The van der Waals surface area contributed by atoms with Crippen molar-refractivity contribution in [2.45, 2.75) is 238 Å². The highest BCUT2D eigenvalue weighted by Crippen LogP contribution is 2.38. The van der Waals surface area contributed by atoms with Crippen LogP contribution >= 0.6 is 7.82 Å². The third kappa shape index (κ3) is 53.1. The van der Waals surface area contributed by atoms with Crippen molar-refractivity contribution in [1.82, 2.24) is 5.32 Å². The number of carbonyl (C=O) groups excluding carboxylic acids is 1. The number of nitrogens with zero attached hydrogens (tertiary/aromatic N) is 1. The van der Waals surface area contributed by atoms with E-state index in [2.05, 4.69) is 104 Å². The van der Waals surface area contributed by atoms with Crippen LogP contribution in [0, 0.1) is 0 Å². The summed E-state index contributed by atoms with van der Waals surface area (Å²) < 4.78 is 23.3. The maximum Gasteiger partial charge on any atom is 0.268 e. The molecule has 0 rings (SSSR count). The van der Waals surface area contributed by atoms with Crippen LogP contribution in [0.4, 0.5) is 0 Å². The fraction of sp³-hybridized carbons (Fsp3) is 0.717. The quantitative estimate of drug-likeness (QED) is 0.0272. The molecule has 0 aliphatic rings. The van der Waals surface area contributed by atoms with Gasteiger partial charge in [-0.1, -0.05) is 227 Å². The first-order chi connectivity index (χ1) is 33.5. The fourth-order valence-electron chi connectivity index (χ4n) is 7.62. The molecule has 0 aliphatic carbocycles. The first-order valence-electron chi connectivity index (χ1n) is 28.1. The Bertz CT molecular complexity index is 1440. The second-order valence-electron chi connectivity index (χ2n) is 19.9. The number of allylic oxidation sites excluding steroid dienone is 15. The number of hydrogen-bond donors (Lipinski definition) is 2. The maximum absolute atomic E-state index is 13.0. The summed E-state index contributed by atoms with van der Waals surface area (Å²) in [6, 6.07) is -0.916. The number of hydrogen-bond acceptors (Lipinski definition) is 6. The summed E-state index contributed by atoms with van der Waals surface area (Å²) in [6.07, 6.45) is 71.9. The molecule has 0 heterocycles. The molecule has 0 bridgehead atoms. The van der Waals surface area contributed by atoms with Crippen LogP contribution in [-0.4, -0.2) is 68.5 Å². The number of rotatable bonds is 50. The van der Waals surface area contributed by atoms with E-state index in [0.29, 0.717) is 17.4 Å². The third-order valence-corrected chi connectivity index (χ3v) is 13.0. The minimum Gasteiger partial charge on any atom is -0.756 e. The van der Waals surface area contributed by atoms with Gasteiger partial charge < -0.3 is 28.8 Å². The monoisotopic (exact) mass is 983 g/mol. The first kappa shape index (κ1) is 66.4. The normalized spacial score (nSPS) is 14.7. The highest BCUT2D eigenvalue weighted by molar-refractivity contribution is 7.45. The van der Waals surface area contributed by atoms with Crippen molar-refractivity contribution in [3.8, 4) is 0 Å². The van der Waals surface area contributed by atoms with Crippen molar-refractivity contribution >= 4 is 13.7 Å². The molecule has 69 heavy (non-hydrogen) atoms. The second kappa shape index (κ2) is 50.4. The smallest absolute Gasteiger partial charge is 0.268 e. The Morgan fingerprint density at radius 1 is 0.522 bits per heavy atom. The van der Waals surface area contributed by atoms with Gasteiger partial charge in [-0.15, -0.1) is 0 Å². The average molecular weight is 983 g/mol. The van der Waals surface area contributed by atoms with E-state index in [-0.39, 0.29) is 12.5 Å². The number of quaternary nitrogens is 1. The highest BCUT2D eigenvalue weighted by atomic mass is 31.2. The van der Waals surface area contributed by atoms with Gasteiger partial charge >= 0.3 is 0 Å². The fourth-order valence-corrected chi connectivity index (χ4v) is 8.35. The zero-order chi connectivity index (χ0) is 50.6. The second-order valence-corrected chi connectivity index (χ2v) is 21.3. The Kier molecular flexibility index (Phi) is 48.5. The zero-order valence-corrected chi connectivity index (χ0v) is 46.1. The molecule has 398 valence electrons. The topological polar surface area (TPSA) is 108 Å². The summed E-state index contributed by atoms with van der Waals surface area (Å²) in [6.45, 7) is 4.50. The van der Waals surface area contributed by atoms with E-state index in [1.165, 1.54) is 128 Å². The number of aliphatic hydroxyl groups is 1. The first-order valence-corrected chi connectivity index (χ1v) is 29.6. The molecule has 8 nitrogen and oxygen atoms in total. The Hall–Kier alpha value is -2.58. The molecular weight excluding hydrogens is 876 g/mol. The van der Waals surface area contributed by atoms with Gasteiger partial charge in [0.05, 0.1) is 39.9 Å². The number of phosphoric acid groups is 1. The van der Waals surface area contributed by atoms with Crippen molar-refractivity contribution in [3.63, 3.8) is 0 Å². The van der Waals surface area contributed by atoms with Crippen LogP contribution in [0.25, 0.3) is 0 Å². The van der Waals surface area contributed by atoms with Crippen molar-refractivity contribution in [1.29, 1.82) is 0 Å². The molecule has 9 heteroatoms. The molecule has 0 radical (unpaired) electrons. The summed E-state index contributed by atoms with van der Waals surface area (Å²) in [5, 5.41) is 13.8. The summed E-state index contributed by atoms with van der Waals surface area (Å²) in [7, 11) is 1.22. The predicted octanol–water partition coefficient (Wildman–Crippen LogP) is 16.4. The lowest BCUT2D eigenvalue weighted by atomic mass is 10.0. The lowest BCUT2D eigenvalue weighted by Crippen LogP contribution is -2.45. The van der Waals surface area contributed by atoms with Gasteiger partial charge in [0, 0.05) is 6.42 Å². The van der Waals surface area contributed by atoms with Crippen LogP contribution in [0.5, 0.6) is 0 Å². The zero-order valence-electron chi connectivity index (χ0n) is 45.2. The molecule has 0 saturated carbocycles. The number of nitrogens with one attached hydrogen (secondary N) is 1. The highest BCUT2D eigenvalue weighted by Gasteiger charge is 2.23. The van der Waals surface area contributed by atoms with E-state index in [1.54, 1.807) is 6.08 Å². The van der Waals surface area contributed by atoms with Gasteiger partial charge in [0.2, 0.25) is 5.91 Å². The number of unbranched alkanes of at least 4 members (excludes halogenated alkanes) is 23. The van der Waals surface area contributed by atoms with Crippen LogP contribution < -0.4 is 10.2 Å². The number of likely N-dealkylation sites (N-methyl/N-ethyl adjacent to an activating group) is 1. The molecule has 2 N–H and O–H groups in total. The van der Waals surface area contributed by atoms with Crippen molar-refractivity contribution in [3.05, 3.63) is 97.2 Å². The SMILES string of the molecule is CC/C=C\C/C=C\C/C=C\C/C=C\C/C=C\CCCCCCCCCCCCCCCC(=O)NC(COP(=O)([O-])OCC[N+](C)(C)C)C(O)/C=C/CC/C=C/CC/C=C/CCCCCCCCCC. The molecule has 0 spiro atoms. The average Bonchev–Trinajstić information content (AvgIpc) is 3.31. The number of amides is 1. The van der Waals surface area contributed by atoms with E-state index in [4.69, 9.17) is 9.05 Å². The van der Waals surface area contributed by atoms with E-state index in [9.17, 15) is 19.4 Å². The van der Waals surface area contributed by atoms with Crippen LogP contribution in [0.15, 0.2) is 97.2 Å². The van der Waals surface area contributed by atoms with Gasteiger partial charge in [0.25, 0.3) is 7.82 Å². The summed E-state index contributed by atoms with van der Waals surface area (Å²) >= 11 is 0. The van der Waals surface area contributed by atoms with E-state index < -0.39 is 26.6 Å². The van der Waals surface area contributed by atoms with Crippen LogP contribution in [0.3, 0.4) is 0 Å². The Morgan fingerprint density at radius 2 is 0.899 bits per heavy atom. The molecule has 3 unspecified atom stereocenters. The Balaban J connectivity index is 4.25. The van der Waals surface area contributed by atoms with Gasteiger partial charge in [-0.05, 0) is 89.9 Å². The molecule has 3 atom stereocenters. The van der Waals surface area contributed by atoms with E-state index >= 15 is 0 Å². The third-order valence-electron chi connectivity index (χ3n) is 12.0. The van der Waals surface area contributed by atoms with Gasteiger partial charge in [-0.25, -0.2) is 0 Å². The van der Waals surface area contributed by atoms with Crippen molar-refractivity contribution < 1.29 is 32.9 Å². The van der Waals surface area contributed by atoms with Gasteiger partial charge in [0.1, 0.15) is 13.2 Å².